The number of benzene rings is 2. The fourth-order valence-electron chi connectivity index (χ4n) is 3.45. The van der Waals surface area contributed by atoms with Crippen molar-refractivity contribution in [2.24, 2.45) is 0 Å². The zero-order valence-electron chi connectivity index (χ0n) is 18.4. The lowest BCUT2D eigenvalue weighted by atomic mass is 10.1. The van der Waals surface area contributed by atoms with E-state index in [4.69, 9.17) is 9.97 Å². The molecule has 8 nitrogen and oxygen atoms in total. The molecule has 0 spiro atoms. The van der Waals surface area contributed by atoms with Crippen molar-refractivity contribution in [2.75, 3.05) is 22.0 Å². The summed E-state index contributed by atoms with van der Waals surface area (Å²) in [5.74, 6) is 0. The average molecular weight is 495 g/mol. The van der Waals surface area contributed by atoms with Gasteiger partial charge in [0, 0.05) is 11.1 Å². The van der Waals surface area contributed by atoms with Crippen LogP contribution in [0.4, 0.5) is 11.4 Å². The summed E-state index contributed by atoms with van der Waals surface area (Å²) in [6, 6.07) is 24.9. The Morgan fingerprint density at radius 3 is 1.24 bits per heavy atom. The number of sulfonamides is 2. The van der Waals surface area contributed by atoms with Crippen molar-refractivity contribution >= 4 is 31.4 Å². The Balaban J connectivity index is 1.75. The highest BCUT2D eigenvalue weighted by Crippen LogP contribution is 2.31. The molecule has 2 aromatic heterocycles. The van der Waals surface area contributed by atoms with E-state index < -0.39 is 20.0 Å². The molecule has 34 heavy (non-hydrogen) atoms. The second kappa shape index (κ2) is 9.24. The van der Waals surface area contributed by atoms with E-state index in [1.54, 1.807) is 48.5 Å². The minimum Gasteiger partial charge on any atom is -0.283 e. The van der Waals surface area contributed by atoms with Crippen LogP contribution >= 0.6 is 0 Å². The van der Waals surface area contributed by atoms with Crippen LogP contribution in [0.15, 0.2) is 84.9 Å². The summed E-state index contributed by atoms with van der Waals surface area (Å²) < 4.78 is 52.1. The third-order valence-corrected chi connectivity index (χ3v) is 5.94. The summed E-state index contributed by atoms with van der Waals surface area (Å²) >= 11 is 0. The van der Waals surface area contributed by atoms with Crippen LogP contribution in [0.1, 0.15) is 0 Å². The Morgan fingerprint density at radius 1 is 0.500 bits per heavy atom. The van der Waals surface area contributed by atoms with Gasteiger partial charge >= 0.3 is 0 Å². The lowest BCUT2D eigenvalue weighted by molar-refractivity contribution is 0.605. The number of hydrogen-bond donors (Lipinski definition) is 2. The van der Waals surface area contributed by atoms with Gasteiger partial charge in [-0.25, -0.2) is 26.8 Å². The molecule has 0 amide bonds. The maximum absolute atomic E-state index is 11.8. The smallest absolute Gasteiger partial charge is 0.229 e. The number of pyridine rings is 2. The van der Waals surface area contributed by atoms with Gasteiger partial charge in [-0.2, -0.15) is 0 Å². The monoisotopic (exact) mass is 494 g/mol. The van der Waals surface area contributed by atoms with Crippen molar-refractivity contribution in [1.29, 1.82) is 0 Å². The standard InChI is InChI=1S/C24H22N4O4S2/c1-33(29,30)27-21-11-5-3-9-17(21)19-13-7-15-23(25-19)24-16-8-14-20(26-24)18-10-4-6-12-22(18)28-34(2,31)32/h3-16,27-28H,1-2H3. The minimum absolute atomic E-state index is 0.428. The predicted molar refractivity (Wildman–Crippen MR) is 135 cm³/mol. The second-order valence-corrected chi connectivity index (χ2v) is 11.2. The van der Waals surface area contributed by atoms with E-state index in [0.717, 1.165) is 12.5 Å². The highest BCUT2D eigenvalue weighted by Gasteiger charge is 2.13. The van der Waals surface area contributed by atoms with E-state index >= 15 is 0 Å². The highest BCUT2D eigenvalue weighted by atomic mass is 32.2. The molecule has 0 saturated carbocycles. The number of hydrogen-bond acceptors (Lipinski definition) is 6. The number of nitrogens with zero attached hydrogens (tertiary/aromatic N) is 2. The van der Waals surface area contributed by atoms with Gasteiger partial charge in [0.15, 0.2) is 0 Å². The molecular formula is C24H22N4O4S2. The molecule has 0 atom stereocenters. The third-order valence-electron chi connectivity index (χ3n) is 4.76. The minimum atomic E-state index is -3.46. The fourth-order valence-corrected chi connectivity index (χ4v) is 4.60. The Labute approximate surface area is 198 Å². The first-order valence-electron chi connectivity index (χ1n) is 10.2. The molecule has 4 rings (SSSR count). The maximum Gasteiger partial charge on any atom is 0.229 e. The van der Waals surface area contributed by atoms with Gasteiger partial charge in [-0.1, -0.05) is 48.5 Å². The van der Waals surface area contributed by atoms with Gasteiger partial charge in [0.05, 0.1) is 46.7 Å². The number of rotatable bonds is 7. The molecule has 0 aliphatic heterocycles. The van der Waals surface area contributed by atoms with Crippen LogP contribution in [0, 0.1) is 0 Å². The van der Waals surface area contributed by atoms with Crippen molar-refractivity contribution in [3.8, 4) is 33.9 Å². The van der Waals surface area contributed by atoms with Crippen LogP contribution in [0.3, 0.4) is 0 Å². The van der Waals surface area contributed by atoms with E-state index in [2.05, 4.69) is 9.44 Å². The molecule has 0 fully saturated rings. The third kappa shape index (κ3) is 5.77. The molecule has 0 aliphatic rings. The van der Waals surface area contributed by atoms with Crippen molar-refractivity contribution < 1.29 is 16.8 Å². The molecule has 0 aliphatic carbocycles. The SMILES string of the molecule is CS(=O)(=O)Nc1ccccc1-c1cccc(-c2cccc(-c3ccccc3NS(C)(=O)=O)n2)n1. The van der Waals surface area contributed by atoms with Gasteiger partial charge in [-0.15, -0.1) is 0 Å². The fraction of sp³-hybridized carbons (Fsp3) is 0.0833. The van der Waals surface area contributed by atoms with Gasteiger partial charge < -0.3 is 0 Å². The van der Waals surface area contributed by atoms with Crippen LogP contribution in [0.25, 0.3) is 33.9 Å². The molecule has 4 aromatic rings. The quantitative estimate of drug-likeness (QED) is 0.397. The summed E-state index contributed by atoms with van der Waals surface area (Å²) in [5, 5.41) is 0. The Hall–Kier alpha value is -3.76. The van der Waals surface area contributed by atoms with Crippen LogP contribution in [0.2, 0.25) is 0 Å². The van der Waals surface area contributed by atoms with Crippen LogP contribution in [0.5, 0.6) is 0 Å². The Kier molecular flexibility index (Phi) is 6.36. The van der Waals surface area contributed by atoms with E-state index in [-0.39, 0.29) is 0 Å². The molecule has 0 saturated heterocycles. The first-order chi connectivity index (χ1) is 16.1. The van der Waals surface area contributed by atoms with Crippen molar-refractivity contribution in [3.05, 3.63) is 84.9 Å². The molecule has 0 radical (unpaired) electrons. The van der Waals surface area contributed by atoms with E-state index in [0.29, 0.717) is 45.3 Å². The average Bonchev–Trinajstić information content (AvgIpc) is 2.78. The molecule has 2 heterocycles. The topological polar surface area (TPSA) is 118 Å². The highest BCUT2D eigenvalue weighted by molar-refractivity contribution is 7.92. The molecule has 2 N–H and O–H groups in total. The van der Waals surface area contributed by atoms with Crippen LogP contribution in [-0.4, -0.2) is 39.3 Å². The van der Waals surface area contributed by atoms with E-state index in [1.165, 1.54) is 0 Å². The summed E-state index contributed by atoms with van der Waals surface area (Å²) in [4.78, 5) is 9.42. The zero-order valence-corrected chi connectivity index (χ0v) is 20.1. The number of para-hydroxylation sites is 2. The van der Waals surface area contributed by atoms with Crippen molar-refractivity contribution in [2.45, 2.75) is 0 Å². The number of anilines is 2. The Morgan fingerprint density at radius 2 is 0.853 bits per heavy atom. The second-order valence-electron chi connectivity index (χ2n) is 7.66. The number of nitrogens with one attached hydrogen (secondary N) is 2. The molecule has 0 bridgehead atoms. The summed E-state index contributed by atoms with van der Waals surface area (Å²) in [6.45, 7) is 0. The van der Waals surface area contributed by atoms with Gasteiger partial charge in [0.25, 0.3) is 0 Å². The molecular weight excluding hydrogens is 472 g/mol. The predicted octanol–water partition coefficient (Wildman–Crippen LogP) is 4.22. The lowest BCUT2D eigenvalue weighted by Crippen LogP contribution is -2.10. The van der Waals surface area contributed by atoms with Gasteiger partial charge in [0.2, 0.25) is 20.0 Å². The maximum atomic E-state index is 11.8. The molecule has 174 valence electrons. The van der Waals surface area contributed by atoms with Gasteiger partial charge in [-0.05, 0) is 36.4 Å². The largest absolute Gasteiger partial charge is 0.283 e. The van der Waals surface area contributed by atoms with Crippen LogP contribution in [-0.2, 0) is 20.0 Å². The van der Waals surface area contributed by atoms with E-state index in [1.807, 2.05) is 36.4 Å². The van der Waals surface area contributed by atoms with Crippen LogP contribution < -0.4 is 9.44 Å². The lowest BCUT2D eigenvalue weighted by Gasteiger charge is -2.12. The zero-order chi connectivity index (χ0) is 24.3. The normalized spacial score (nSPS) is 11.7. The van der Waals surface area contributed by atoms with E-state index in [9.17, 15) is 16.8 Å². The summed E-state index contributed by atoms with van der Waals surface area (Å²) in [7, 11) is -6.92. The summed E-state index contributed by atoms with van der Waals surface area (Å²) in [6.07, 6.45) is 2.19. The first-order valence-corrected chi connectivity index (χ1v) is 14.0. The van der Waals surface area contributed by atoms with Gasteiger partial charge in [-0.3, -0.25) is 9.44 Å². The number of aromatic nitrogens is 2. The first kappa shape index (κ1) is 23.4. The molecule has 10 heteroatoms. The van der Waals surface area contributed by atoms with Gasteiger partial charge in [0.1, 0.15) is 0 Å². The Bertz CT molecular complexity index is 1450. The van der Waals surface area contributed by atoms with Crippen molar-refractivity contribution in [3.63, 3.8) is 0 Å². The molecule has 2 aromatic carbocycles. The molecule has 0 unspecified atom stereocenters. The van der Waals surface area contributed by atoms with Crippen molar-refractivity contribution in [1.82, 2.24) is 9.97 Å². The summed E-state index contributed by atoms with van der Waals surface area (Å²) in [5.41, 5.74) is 4.45.